The predicted octanol–water partition coefficient (Wildman–Crippen LogP) is 0.0488. The van der Waals surface area contributed by atoms with E-state index in [0.717, 1.165) is 10.5 Å². The normalized spacial score (nSPS) is 14.5. The maximum atomic E-state index is 12.7. The van der Waals surface area contributed by atoms with Crippen LogP contribution in [0.1, 0.15) is 23.3 Å². The number of amides is 2. The number of hydrogen-bond donors (Lipinski definition) is 2. The van der Waals surface area contributed by atoms with E-state index in [4.69, 9.17) is 0 Å². The second kappa shape index (κ2) is 8.30. The summed E-state index contributed by atoms with van der Waals surface area (Å²) in [5, 5.41) is 17.1. The van der Waals surface area contributed by atoms with E-state index >= 15 is 0 Å². The summed E-state index contributed by atoms with van der Waals surface area (Å²) in [6, 6.07) is 10.5. The number of carbonyl (C=O) groups is 2. The second-order valence-electron chi connectivity index (χ2n) is 7.85. The lowest BCUT2D eigenvalue weighted by Gasteiger charge is -2.31. The first kappa shape index (κ1) is 20.5. The largest absolute Gasteiger partial charge is 0.355 e. The third kappa shape index (κ3) is 3.86. The van der Waals surface area contributed by atoms with Crippen molar-refractivity contribution in [1.29, 1.82) is 0 Å². The molecule has 0 saturated carbocycles. The number of piperidine rings is 1. The Morgan fingerprint density at radius 1 is 1.00 bits per heavy atom. The van der Waals surface area contributed by atoms with Gasteiger partial charge >= 0.3 is 0 Å². The molecule has 0 unspecified atom stereocenters. The number of carbonyl (C=O) groups excluding carboxylic acids is 2. The molecule has 2 N–H and O–H groups in total. The lowest BCUT2D eigenvalue weighted by Crippen LogP contribution is -2.48. The molecule has 4 heterocycles. The van der Waals surface area contributed by atoms with Gasteiger partial charge < -0.3 is 4.90 Å². The van der Waals surface area contributed by atoms with Gasteiger partial charge in [-0.15, -0.1) is 15.3 Å². The second-order valence-corrected chi connectivity index (χ2v) is 7.85. The molecule has 12 heteroatoms. The van der Waals surface area contributed by atoms with Crippen LogP contribution < -0.4 is 21.3 Å². The number of fused-ring (bicyclic) bond motifs is 2. The van der Waals surface area contributed by atoms with Crippen molar-refractivity contribution in [2.45, 2.75) is 12.8 Å². The van der Waals surface area contributed by atoms with Gasteiger partial charge in [0.05, 0.1) is 5.39 Å². The van der Waals surface area contributed by atoms with Gasteiger partial charge in [-0.3, -0.25) is 25.2 Å². The molecule has 5 rings (SSSR count). The fourth-order valence-electron chi connectivity index (χ4n) is 4.00. The van der Waals surface area contributed by atoms with E-state index in [0.29, 0.717) is 42.4 Å². The molecule has 1 fully saturated rings. The van der Waals surface area contributed by atoms with E-state index in [2.05, 4.69) is 36.1 Å². The summed E-state index contributed by atoms with van der Waals surface area (Å²) in [5.74, 6) is -0.300. The highest BCUT2D eigenvalue weighted by Crippen LogP contribution is 2.22. The van der Waals surface area contributed by atoms with Crippen LogP contribution in [0.5, 0.6) is 0 Å². The van der Waals surface area contributed by atoms with Crippen LogP contribution in [0.2, 0.25) is 0 Å². The zero-order valence-corrected chi connectivity index (χ0v) is 17.8. The molecule has 1 aliphatic rings. The van der Waals surface area contributed by atoms with Crippen molar-refractivity contribution in [3.05, 3.63) is 58.8 Å². The van der Waals surface area contributed by atoms with Crippen LogP contribution >= 0.6 is 0 Å². The first-order valence-electron chi connectivity index (χ1n) is 10.5. The van der Waals surface area contributed by atoms with Gasteiger partial charge in [0.1, 0.15) is 12.1 Å². The van der Waals surface area contributed by atoms with Gasteiger partial charge in [-0.25, -0.2) is 4.68 Å². The zero-order valence-electron chi connectivity index (χ0n) is 17.8. The molecule has 0 radical (unpaired) electrons. The van der Waals surface area contributed by atoms with E-state index in [1.165, 1.54) is 7.05 Å². The molecule has 0 aliphatic carbocycles. The molecule has 33 heavy (non-hydrogen) atoms. The summed E-state index contributed by atoms with van der Waals surface area (Å²) in [5.41, 5.74) is 5.38. The quantitative estimate of drug-likeness (QED) is 0.420. The van der Waals surface area contributed by atoms with Crippen LogP contribution in [0.25, 0.3) is 16.4 Å². The highest BCUT2D eigenvalue weighted by Gasteiger charge is 2.26. The minimum Gasteiger partial charge on any atom is -0.355 e. The Kier molecular flexibility index (Phi) is 5.17. The van der Waals surface area contributed by atoms with E-state index in [-0.39, 0.29) is 23.1 Å². The van der Waals surface area contributed by atoms with Crippen LogP contribution in [0.3, 0.4) is 0 Å². The Morgan fingerprint density at radius 2 is 1.76 bits per heavy atom. The minimum absolute atomic E-state index is 0.0678. The van der Waals surface area contributed by atoms with Crippen molar-refractivity contribution < 1.29 is 9.59 Å². The van der Waals surface area contributed by atoms with Crippen LogP contribution in [-0.4, -0.2) is 54.5 Å². The molecule has 1 aromatic carbocycles. The fourth-order valence-corrected chi connectivity index (χ4v) is 4.00. The van der Waals surface area contributed by atoms with Gasteiger partial charge in [-0.05, 0) is 31.0 Å². The van der Waals surface area contributed by atoms with Crippen LogP contribution in [-0.2, 0) is 11.8 Å². The highest BCUT2D eigenvalue weighted by atomic mass is 16.2. The third-order valence-electron chi connectivity index (χ3n) is 5.81. The number of nitrogens with one attached hydrogen (secondary N) is 2. The number of rotatable bonds is 3. The number of anilines is 1. The smallest absolute Gasteiger partial charge is 0.290 e. The molecule has 4 aromatic rings. The maximum absolute atomic E-state index is 12.7. The van der Waals surface area contributed by atoms with E-state index in [1.54, 1.807) is 35.1 Å². The van der Waals surface area contributed by atoms with Crippen molar-refractivity contribution in [2.75, 3.05) is 18.0 Å². The van der Waals surface area contributed by atoms with Crippen molar-refractivity contribution >= 4 is 34.1 Å². The number of hydrogen-bond acceptors (Lipinski definition) is 8. The van der Waals surface area contributed by atoms with Crippen molar-refractivity contribution in [3.63, 3.8) is 0 Å². The first-order chi connectivity index (χ1) is 16.0. The summed E-state index contributed by atoms with van der Waals surface area (Å²) >= 11 is 0. The third-order valence-corrected chi connectivity index (χ3v) is 5.81. The Balaban J connectivity index is 1.21. The molecular formula is C21H21N9O3. The number of benzene rings is 1. The van der Waals surface area contributed by atoms with E-state index < -0.39 is 5.91 Å². The Bertz CT molecular complexity index is 1420. The average Bonchev–Trinajstić information content (AvgIpc) is 3.32. The Morgan fingerprint density at radius 3 is 2.55 bits per heavy atom. The van der Waals surface area contributed by atoms with Crippen LogP contribution in [0.4, 0.5) is 5.82 Å². The van der Waals surface area contributed by atoms with Crippen LogP contribution in [0, 0.1) is 5.92 Å². The summed E-state index contributed by atoms with van der Waals surface area (Å²) in [4.78, 5) is 39.7. The number of nitrogens with zero attached hydrogens (tertiary/aromatic N) is 7. The van der Waals surface area contributed by atoms with Gasteiger partial charge in [0.15, 0.2) is 11.3 Å². The van der Waals surface area contributed by atoms with Crippen molar-refractivity contribution in [1.82, 2.24) is 40.4 Å². The molecule has 0 atom stereocenters. The van der Waals surface area contributed by atoms with E-state index in [1.807, 2.05) is 12.1 Å². The number of aromatic nitrogens is 6. The molecule has 12 nitrogen and oxygen atoms in total. The first-order valence-corrected chi connectivity index (χ1v) is 10.5. The SMILES string of the molecule is Cn1nc(C(=O)NNC(=O)C2CCN(c3ccc4nncn4n3)CC2)c2ccccc2c1=O. The van der Waals surface area contributed by atoms with Crippen molar-refractivity contribution in [2.24, 2.45) is 13.0 Å². The molecule has 0 bridgehead atoms. The average molecular weight is 447 g/mol. The highest BCUT2D eigenvalue weighted by molar-refractivity contribution is 6.05. The van der Waals surface area contributed by atoms with Gasteiger partial charge in [0, 0.05) is 31.4 Å². The van der Waals surface area contributed by atoms with Crippen LogP contribution in [0.15, 0.2) is 47.5 Å². The van der Waals surface area contributed by atoms with Gasteiger partial charge in [-0.2, -0.15) is 9.61 Å². The summed E-state index contributed by atoms with van der Waals surface area (Å²) in [6.45, 7) is 1.30. The molecule has 3 aromatic heterocycles. The van der Waals surface area contributed by atoms with E-state index in [9.17, 15) is 14.4 Å². The summed E-state index contributed by atoms with van der Waals surface area (Å²) < 4.78 is 2.72. The number of hydrazine groups is 1. The van der Waals surface area contributed by atoms with Gasteiger partial charge in [0.2, 0.25) is 5.91 Å². The lowest BCUT2D eigenvalue weighted by molar-refractivity contribution is -0.126. The van der Waals surface area contributed by atoms with Gasteiger partial charge in [-0.1, -0.05) is 18.2 Å². The Labute approximate surface area is 187 Å². The predicted molar refractivity (Wildman–Crippen MR) is 118 cm³/mol. The summed E-state index contributed by atoms with van der Waals surface area (Å²) in [7, 11) is 1.48. The van der Waals surface area contributed by atoms with Gasteiger partial charge in [0.25, 0.3) is 11.5 Å². The summed E-state index contributed by atoms with van der Waals surface area (Å²) in [6.07, 6.45) is 2.78. The Hall–Kier alpha value is -4.35. The molecule has 168 valence electrons. The molecular weight excluding hydrogens is 426 g/mol. The number of aryl methyl sites for hydroxylation is 1. The lowest BCUT2D eigenvalue weighted by atomic mass is 9.96. The fraction of sp³-hybridized carbons (Fsp3) is 0.286. The minimum atomic E-state index is -0.584. The zero-order chi connectivity index (χ0) is 22.9. The molecule has 0 spiro atoms. The molecule has 1 aliphatic heterocycles. The molecule has 2 amide bonds. The monoisotopic (exact) mass is 447 g/mol. The maximum Gasteiger partial charge on any atom is 0.290 e. The molecule has 1 saturated heterocycles. The standard InChI is InChI=1S/C21H21N9O3/c1-28-21(33)15-5-3-2-4-14(15)18(27-28)20(32)25-24-19(31)13-8-10-29(11-9-13)17-7-6-16-23-22-12-30(16)26-17/h2-7,12-13H,8-11H2,1H3,(H,24,31)(H,25,32). The topological polar surface area (TPSA) is 139 Å². The van der Waals surface area contributed by atoms with Crippen molar-refractivity contribution in [3.8, 4) is 0 Å².